The zero-order valence-electron chi connectivity index (χ0n) is 14.9. The molecule has 0 saturated carbocycles. The number of hydrogen-bond donors (Lipinski definition) is 3. The van der Waals surface area contributed by atoms with Crippen molar-refractivity contribution in [2.75, 3.05) is 13.1 Å². The molecule has 10 heteroatoms. The van der Waals surface area contributed by atoms with Gasteiger partial charge in [0, 0.05) is 43.7 Å². The second-order valence-corrected chi connectivity index (χ2v) is 8.95. The Kier molecular flexibility index (Phi) is 6.08. The molecule has 0 radical (unpaired) electrons. The highest BCUT2D eigenvalue weighted by Crippen LogP contribution is 2.32. The van der Waals surface area contributed by atoms with Gasteiger partial charge in [0.05, 0.1) is 9.82 Å². The standard InChI is InChI=1S/C17H24N4O5S/c22-17(11-12-9-13-1-2-14(10-12)20-13)18-7-8-19-27(25,26)16-5-3-15(4-6-16)21(23)24/h3-6,12-14,19-20H,1-2,7-11H2,(H,18,22). The van der Waals surface area contributed by atoms with Crippen LogP contribution < -0.4 is 15.4 Å². The molecule has 2 atom stereocenters. The number of nitro groups is 1. The number of carbonyl (C=O) groups excluding carboxylic acids is 1. The highest BCUT2D eigenvalue weighted by molar-refractivity contribution is 7.89. The molecule has 1 aromatic rings. The summed E-state index contributed by atoms with van der Waals surface area (Å²) in [5.41, 5.74) is -0.174. The molecule has 3 rings (SSSR count). The summed E-state index contributed by atoms with van der Waals surface area (Å²) in [7, 11) is -3.77. The van der Waals surface area contributed by atoms with Gasteiger partial charge in [0.1, 0.15) is 0 Å². The number of hydrogen-bond acceptors (Lipinski definition) is 6. The van der Waals surface area contributed by atoms with Crippen LogP contribution in [0, 0.1) is 16.0 Å². The van der Waals surface area contributed by atoms with E-state index in [1.54, 1.807) is 0 Å². The predicted octanol–water partition coefficient (Wildman–Crippen LogP) is 0.910. The average Bonchev–Trinajstić information content (AvgIpc) is 2.97. The highest BCUT2D eigenvalue weighted by atomic mass is 32.2. The quantitative estimate of drug-likeness (QED) is 0.340. The Morgan fingerprint density at radius 2 is 1.78 bits per heavy atom. The van der Waals surface area contributed by atoms with Crippen LogP contribution in [0.5, 0.6) is 0 Å². The minimum absolute atomic E-state index is 0.0513. The number of sulfonamides is 1. The smallest absolute Gasteiger partial charge is 0.269 e. The van der Waals surface area contributed by atoms with Gasteiger partial charge in [-0.25, -0.2) is 13.1 Å². The van der Waals surface area contributed by atoms with Gasteiger partial charge >= 0.3 is 0 Å². The number of carbonyl (C=O) groups is 1. The van der Waals surface area contributed by atoms with E-state index in [0.29, 0.717) is 24.4 Å². The third kappa shape index (κ3) is 5.24. The Balaban J connectivity index is 1.39. The first-order valence-electron chi connectivity index (χ1n) is 9.10. The number of piperidine rings is 1. The number of non-ortho nitro benzene ring substituents is 1. The van der Waals surface area contributed by atoms with Gasteiger partial charge in [-0.15, -0.1) is 0 Å². The number of benzene rings is 1. The Hall–Kier alpha value is -2.04. The molecule has 1 aromatic carbocycles. The van der Waals surface area contributed by atoms with Crippen LogP contribution >= 0.6 is 0 Å². The van der Waals surface area contributed by atoms with Gasteiger partial charge in [0.15, 0.2) is 0 Å². The van der Waals surface area contributed by atoms with Crippen LogP contribution in [-0.4, -0.2) is 44.4 Å². The first-order chi connectivity index (χ1) is 12.8. The lowest BCUT2D eigenvalue weighted by atomic mass is 9.89. The van der Waals surface area contributed by atoms with Crippen LogP contribution in [0.4, 0.5) is 5.69 Å². The van der Waals surface area contributed by atoms with Crippen LogP contribution in [0.3, 0.4) is 0 Å². The second-order valence-electron chi connectivity index (χ2n) is 7.18. The van der Waals surface area contributed by atoms with Crippen LogP contribution in [0.25, 0.3) is 0 Å². The van der Waals surface area contributed by atoms with Crippen LogP contribution in [0.2, 0.25) is 0 Å². The summed E-state index contributed by atoms with van der Waals surface area (Å²) >= 11 is 0. The lowest BCUT2D eigenvalue weighted by molar-refractivity contribution is -0.384. The maximum Gasteiger partial charge on any atom is 0.269 e. The van der Waals surface area contributed by atoms with Crippen molar-refractivity contribution in [2.24, 2.45) is 5.92 Å². The van der Waals surface area contributed by atoms with E-state index in [0.717, 1.165) is 25.0 Å². The Labute approximate surface area is 158 Å². The van der Waals surface area contributed by atoms with E-state index in [4.69, 9.17) is 0 Å². The molecule has 2 aliphatic heterocycles. The molecule has 9 nitrogen and oxygen atoms in total. The van der Waals surface area contributed by atoms with Crippen molar-refractivity contribution in [3.8, 4) is 0 Å². The van der Waals surface area contributed by atoms with Gasteiger partial charge < -0.3 is 10.6 Å². The van der Waals surface area contributed by atoms with Crippen molar-refractivity contribution in [2.45, 2.75) is 49.1 Å². The highest BCUT2D eigenvalue weighted by Gasteiger charge is 2.34. The van der Waals surface area contributed by atoms with Crippen LogP contribution in [0.1, 0.15) is 32.1 Å². The summed E-state index contributed by atoms with van der Waals surface area (Å²) in [5.74, 6) is 0.330. The van der Waals surface area contributed by atoms with E-state index in [2.05, 4.69) is 15.4 Å². The third-order valence-electron chi connectivity index (χ3n) is 5.14. The summed E-state index contributed by atoms with van der Waals surface area (Å²) in [5, 5.41) is 16.9. The first-order valence-corrected chi connectivity index (χ1v) is 10.6. The largest absolute Gasteiger partial charge is 0.355 e. The fraction of sp³-hybridized carbons (Fsp3) is 0.588. The Bertz CT molecular complexity index is 784. The zero-order chi connectivity index (χ0) is 19.4. The van der Waals surface area contributed by atoms with Gasteiger partial charge in [0.25, 0.3) is 5.69 Å². The number of rotatable bonds is 8. The summed E-state index contributed by atoms with van der Waals surface area (Å²) in [4.78, 5) is 22.0. The molecule has 2 bridgehead atoms. The minimum Gasteiger partial charge on any atom is -0.355 e. The lowest BCUT2D eigenvalue weighted by Crippen LogP contribution is -2.40. The second kappa shape index (κ2) is 8.32. The Morgan fingerprint density at radius 3 is 2.37 bits per heavy atom. The SMILES string of the molecule is O=C(CC1CC2CCC(C1)N2)NCCNS(=O)(=O)c1ccc([N+](=O)[O-])cc1. The van der Waals surface area contributed by atoms with Crippen molar-refractivity contribution in [3.05, 3.63) is 34.4 Å². The number of fused-ring (bicyclic) bond motifs is 2. The van der Waals surface area contributed by atoms with E-state index < -0.39 is 14.9 Å². The molecule has 2 saturated heterocycles. The fourth-order valence-electron chi connectivity index (χ4n) is 3.89. The van der Waals surface area contributed by atoms with Gasteiger partial charge in [-0.05, 0) is 43.7 Å². The third-order valence-corrected chi connectivity index (χ3v) is 6.62. The summed E-state index contributed by atoms with van der Waals surface area (Å²) < 4.78 is 26.7. The maximum atomic E-state index is 12.2. The zero-order valence-corrected chi connectivity index (χ0v) is 15.7. The first kappa shape index (κ1) is 19.7. The molecular weight excluding hydrogens is 372 g/mol. The molecule has 0 aromatic heterocycles. The van der Waals surface area contributed by atoms with E-state index in [-0.39, 0.29) is 29.6 Å². The minimum atomic E-state index is -3.77. The van der Waals surface area contributed by atoms with Crippen molar-refractivity contribution in [1.82, 2.24) is 15.4 Å². The van der Waals surface area contributed by atoms with Crippen molar-refractivity contribution >= 4 is 21.6 Å². The Morgan fingerprint density at radius 1 is 1.15 bits per heavy atom. The molecule has 2 fully saturated rings. The summed E-state index contributed by atoms with van der Waals surface area (Å²) in [6, 6.07) is 5.73. The lowest BCUT2D eigenvalue weighted by Gasteiger charge is -2.28. The molecule has 2 aliphatic rings. The van der Waals surface area contributed by atoms with E-state index in [1.165, 1.54) is 25.0 Å². The molecule has 0 aliphatic carbocycles. The average molecular weight is 396 g/mol. The molecule has 148 valence electrons. The number of nitrogens with one attached hydrogen (secondary N) is 3. The van der Waals surface area contributed by atoms with E-state index in [1.807, 2.05) is 0 Å². The maximum absolute atomic E-state index is 12.2. The predicted molar refractivity (Wildman–Crippen MR) is 98.6 cm³/mol. The van der Waals surface area contributed by atoms with E-state index >= 15 is 0 Å². The van der Waals surface area contributed by atoms with Gasteiger partial charge in [0.2, 0.25) is 15.9 Å². The number of nitro benzene ring substituents is 1. The van der Waals surface area contributed by atoms with Crippen LogP contribution in [0.15, 0.2) is 29.2 Å². The van der Waals surface area contributed by atoms with Gasteiger partial charge in [-0.2, -0.15) is 0 Å². The topological polar surface area (TPSA) is 130 Å². The van der Waals surface area contributed by atoms with Crippen molar-refractivity contribution in [3.63, 3.8) is 0 Å². The molecule has 0 spiro atoms. The fourth-order valence-corrected chi connectivity index (χ4v) is 4.93. The van der Waals surface area contributed by atoms with Crippen molar-refractivity contribution < 1.29 is 18.1 Å². The number of amides is 1. The monoisotopic (exact) mass is 396 g/mol. The molecular formula is C17H24N4O5S. The van der Waals surface area contributed by atoms with E-state index in [9.17, 15) is 23.3 Å². The van der Waals surface area contributed by atoms with Gasteiger partial charge in [-0.3, -0.25) is 14.9 Å². The van der Waals surface area contributed by atoms with Crippen LogP contribution in [-0.2, 0) is 14.8 Å². The molecule has 2 unspecified atom stereocenters. The molecule has 27 heavy (non-hydrogen) atoms. The van der Waals surface area contributed by atoms with Crippen molar-refractivity contribution in [1.29, 1.82) is 0 Å². The summed E-state index contributed by atoms with van der Waals surface area (Å²) in [6.45, 7) is 0.255. The number of nitrogens with zero attached hydrogens (tertiary/aromatic N) is 1. The molecule has 3 N–H and O–H groups in total. The normalized spacial score (nSPS) is 24.5. The molecule has 2 heterocycles. The summed E-state index contributed by atoms with van der Waals surface area (Å²) in [6.07, 6.45) is 4.90. The molecule has 1 amide bonds. The van der Waals surface area contributed by atoms with Gasteiger partial charge in [-0.1, -0.05) is 0 Å².